The standard InChI is InChI=1S/C38H52N4O8S/c1-25(2)22-42(23-34(43)33(19-27-11-7-4-8-12-27)41-38(45)50-35-24-49-37-29(35)16-18-48-37)51(46,47)28-13-14-32-30(20-28)31(36(44)40-32)21-39-17-15-26-9-5-3-6-10-26/h4,7-8,11-14,20-21,25-26,29,33-35,37,40,43-44H,3,5-6,9-10,15-19,22-24H2,1-2H3,(H,41,45)/t29?,33-,34+,35-,37?/m0/s1. The highest BCUT2D eigenvalue weighted by atomic mass is 32.2. The fourth-order valence-corrected chi connectivity index (χ4v) is 9.19. The van der Waals surface area contributed by atoms with E-state index in [1.807, 2.05) is 44.2 Å². The number of sulfonamides is 1. The lowest BCUT2D eigenvalue weighted by atomic mass is 9.87. The van der Waals surface area contributed by atoms with Crippen molar-refractivity contribution >= 4 is 33.2 Å². The number of alkyl carbamates (subject to hydrolysis) is 1. The van der Waals surface area contributed by atoms with Gasteiger partial charge in [0.1, 0.15) is 6.10 Å². The van der Waals surface area contributed by atoms with Gasteiger partial charge in [-0.05, 0) is 54.9 Å². The van der Waals surface area contributed by atoms with Gasteiger partial charge in [-0.2, -0.15) is 4.31 Å². The molecule has 12 nitrogen and oxygen atoms in total. The van der Waals surface area contributed by atoms with Gasteiger partial charge in [0.2, 0.25) is 10.0 Å². The molecule has 2 unspecified atom stereocenters. The topological polar surface area (TPSA) is 163 Å². The predicted molar refractivity (Wildman–Crippen MR) is 194 cm³/mol. The Morgan fingerprint density at radius 2 is 1.88 bits per heavy atom. The number of hydrogen-bond acceptors (Lipinski definition) is 9. The molecule has 2 aliphatic heterocycles. The number of amides is 1. The Morgan fingerprint density at radius 3 is 2.65 bits per heavy atom. The number of aromatic amines is 1. The van der Waals surface area contributed by atoms with Crippen LogP contribution in [0.2, 0.25) is 0 Å². The monoisotopic (exact) mass is 724 g/mol. The van der Waals surface area contributed by atoms with Crippen molar-refractivity contribution in [3.05, 3.63) is 59.7 Å². The fraction of sp³-hybridized carbons (Fsp3) is 0.579. The first-order chi connectivity index (χ1) is 24.6. The molecule has 4 N–H and O–H groups in total. The van der Waals surface area contributed by atoms with Crippen molar-refractivity contribution in [2.24, 2.45) is 22.7 Å². The van der Waals surface area contributed by atoms with Crippen molar-refractivity contribution in [3.63, 3.8) is 0 Å². The third-order valence-electron chi connectivity index (χ3n) is 10.3. The van der Waals surface area contributed by atoms with E-state index in [0.29, 0.717) is 35.5 Å². The highest BCUT2D eigenvalue weighted by Crippen LogP contribution is 2.33. The van der Waals surface area contributed by atoms with Gasteiger partial charge < -0.3 is 34.7 Å². The van der Waals surface area contributed by atoms with Crippen molar-refractivity contribution in [1.29, 1.82) is 0 Å². The maximum absolute atomic E-state index is 14.3. The van der Waals surface area contributed by atoms with Gasteiger partial charge in [0.15, 0.2) is 12.2 Å². The molecule has 0 spiro atoms. The van der Waals surface area contributed by atoms with E-state index in [9.17, 15) is 23.4 Å². The molecule has 13 heteroatoms. The number of aliphatic hydroxyl groups excluding tert-OH is 1. The number of benzene rings is 2. The normalized spacial score (nSPS) is 22.6. The summed E-state index contributed by atoms with van der Waals surface area (Å²) in [5, 5.41) is 25.8. The minimum atomic E-state index is -4.13. The van der Waals surface area contributed by atoms with Crippen LogP contribution in [0.5, 0.6) is 5.88 Å². The number of aromatic hydroxyl groups is 1. The number of aliphatic imine (C=N–C) groups is 1. The lowest BCUT2D eigenvalue weighted by Crippen LogP contribution is -2.51. The molecule has 3 aromatic rings. The molecule has 3 aliphatic rings. The lowest BCUT2D eigenvalue weighted by Gasteiger charge is -2.31. The number of hydrogen-bond donors (Lipinski definition) is 4. The van der Waals surface area contributed by atoms with E-state index < -0.39 is 34.4 Å². The van der Waals surface area contributed by atoms with Crippen molar-refractivity contribution in [3.8, 4) is 5.88 Å². The average Bonchev–Trinajstić information content (AvgIpc) is 3.82. The van der Waals surface area contributed by atoms with Gasteiger partial charge >= 0.3 is 6.09 Å². The number of ether oxygens (including phenoxy) is 3. The third-order valence-corrected chi connectivity index (χ3v) is 12.1. The molecular weight excluding hydrogens is 673 g/mol. The second-order valence-electron chi connectivity index (χ2n) is 14.6. The van der Waals surface area contributed by atoms with Gasteiger partial charge in [-0.1, -0.05) is 76.3 Å². The molecule has 0 radical (unpaired) electrons. The van der Waals surface area contributed by atoms with Crippen LogP contribution in [-0.2, 0) is 30.7 Å². The highest BCUT2D eigenvalue weighted by Gasteiger charge is 2.44. The fourth-order valence-electron chi connectivity index (χ4n) is 7.54. The number of fused-ring (bicyclic) bond motifs is 2. The van der Waals surface area contributed by atoms with Crippen molar-refractivity contribution in [2.75, 3.05) is 32.8 Å². The zero-order valence-corrected chi connectivity index (χ0v) is 30.4. The summed E-state index contributed by atoms with van der Waals surface area (Å²) < 4.78 is 46.8. The Hall–Kier alpha value is -3.49. The van der Waals surface area contributed by atoms with E-state index in [2.05, 4.69) is 15.3 Å². The largest absolute Gasteiger partial charge is 0.494 e. The summed E-state index contributed by atoms with van der Waals surface area (Å²) >= 11 is 0. The second-order valence-corrected chi connectivity index (χ2v) is 16.6. The van der Waals surface area contributed by atoms with Crippen LogP contribution >= 0.6 is 0 Å². The molecule has 1 aromatic heterocycles. The number of rotatable bonds is 15. The molecule has 1 aliphatic carbocycles. The summed E-state index contributed by atoms with van der Waals surface area (Å²) in [4.78, 5) is 20.8. The van der Waals surface area contributed by atoms with Crippen LogP contribution in [0.1, 0.15) is 69.9 Å². The molecule has 0 bridgehead atoms. The first-order valence-electron chi connectivity index (χ1n) is 18.4. The van der Waals surface area contributed by atoms with Gasteiger partial charge in [0.05, 0.1) is 41.7 Å². The van der Waals surface area contributed by atoms with Crippen molar-refractivity contribution in [2.45, 2.75) is 94.6 Å². The molecule has 3 fully saturated rings. The van der Waals surface area contributed by atoms with Crippen LogP contribution in [0.25, 0.3) is 10.9 Å². The zero-order chi connectivity index (χ0) is 36.0. The number of carbonyl (C=O) groups is 1. The Labute approximate surface area is 300 Å². The highest BCUT2D eigenvalue weighted by molar-refractivity contribution is 7.89. The minimum absolute atomic E-state index is 0.0280. The first-order valence-corrected chi connectivity index (χ1v) is 19.8. The Morgan fingerprint density at radius 1 is 1.10 bits per heavy atom. The van der Waals surface area contributed by atoms with Crippen LogP contribution in [0, 0.1) is 17.8 Å². The summed E-state index contributed by atoms with van der Waals surface area (Å²) in [5.74, 6) is 0.495. The minimum Gasteiger partial charge on any atom is -0.494 e. The van der Waals surface area contributed by atoms with Crippen LogP contribution in [0.3, 0.4) is 0 Å². The Balaban J connectivity index is 1.19. The number of H-pyrrole nitrogens is 1. The summed E-state index contributed by atoms with van der Waals surface area (Å²) in [5.41, 5.74) is 1.89. The van der Waals surface area contributed by atoms with E-state index in [1.54, 1.807) is 18.3 Å². The summed E-state index contributed by atoms with van der Waals surface area (Å²) in [6.45, 7) is 5.10. The van der Waals surface area contributed by atoms with Crippen LogP contribution in [0.15, 0.2) is 58.4 Å². The van der Waals surface area contributed by atoms with E-state index in [0.717, 1.165) is 18.4 Å². The molecule has 5 atom stereocenters. The lowest BCUT2D eigenvalue weighted by molar-refractivity contribution is -0.0907. The van der Waals surface area contributed by atoms with Crippen LogP contribution in [-0.4, -0.2) is 97.6 Å². The second kappa shape index (κ2) is 16.9. The Kier molecular flexibility index (Phi) is 12.3. The molecule has 2 aromatic carbocycles. The maximum Gasteiger partial charge on any atom is 0.407 e. The van der Waals surface area contributed by atoms with E-state index in [1.165, 1.54) is 42.5 Å². The van der Waals surface area contributed by atoms with Gasteiger partial charge in [0.25, 0.3) is 0 Å². The first kappa shape index (κ1) is 37.3. The van der Waals surface area contributed by atoms with E-state index in [4.69, 9.17) is 14.2 Å². The molecule has 1 saturated carbocycles. The summed E-state index contributed by atoms with van der Waals surface area (Å²) in [6.07, 6.45) is 7.06. The van der Waals surface area contributed by atoms with Crippen molar-refractivity contribution in [1.82, 2.24) is 14.6 Å². The summed E-state index contributed by atoms with van der Waals surface area (Å²) in [7, 11) is -4.13. The SMILES string of the molecule is CC(C)CN(C[C@@H](O)[C@H](Cc1ccccc1)NC(=O)O[C@H]1COC2OCCC21)S(=O)(=O)c1ccc2[nH]c(O)c(C=NCCC3CCCCC3)c2c1. The van der Waals surface area contributed by atoms with Crippen molar-refractivity contribution < 1.29 is 37.6 Å². The average molecular weight is 725 g/mol. The Bertz CT molecular complexity index is 1740. The van der Waals surface area contributed by atoms with Gasteiger partial charge in [0, 0.05) is 36.8 Å². The molecule has 278 valence electrons. The van der Waals surface area contributed by atoms with Crippen LogP contribution in [0.4, 0.5) is 4.79 Å². The van der Waals surface area contributed by atoms with E-state index >= 15 is 0 Å². The van der Waals surface area contributed by atoms with Gasteiger partial charge in [-0.3, -0.25) is 4.99 Å². The van der Waals surface area contributed by atoms with E-state index in [-0.39, 0.29) is 55.0 Å². The number of nitrogens with one attached hydrogen (secondary N) is 2. The number of carbonyl (C=O) groups excluding carboxylic acids is 1. The molecular formula is C38H52N4O8S. The van der Waals surface area contributed by atoms with Crippen LogP contribution < -0.4 is 5.32 Å². The number of aromatic nitrogens is 1. The molecule has 3 heterocycles. The number of nitrogens with zero attached hydrogens (tertiary/aromatic N) is 2. The summed E-state index contributed by atoms with van der Waals surface area (Å²) in [6, 6.07) is 13.2. The molecule has 51 heavy (non-hydrogen) atoms. The quantitative estimate of drug-likeness (QED) is 0.152. The molecule has 6 rings (SSSR count). The van der Waals surface area contributed by atoms with Gasteiger partial charge in [-0.15, -0.1) is 0 Å². The smallest absolute Gasteiger partial charge is 0.407 e. The predicted octanol–water partition coefficient (Wildman–Crippen LogP) is 5.37. The zero-order valence-electron chi connectivity index (χ0n) is 29.6. The number of aliphatic hydroxyl groups is 1. The third kappa shape index (κ3) is 9.31. The van der Waals surface area contributed by atoms with Gasteiger partial charge in [-0.25, -0.2) is 13.2 Å². The molecule has 2 saturated heterocycles. The molecule has 1 amide bonds. The maximum atomic E-state index is 14.3.